The van der Waals surface area contributed by atoms with Crippen molar-refractivity contribution in [3.05, 3.63) is 65.7 Å². The largest absolute Gasteiger partial charge is 0.458 e. The fourth-order valence-electron chi connectivity index (χ4n) is 2.34. The molecule has 0 bridgehead atoms. The van der Waals surface area contributed by atoms with Crippen molar-refractivity contribution in [3.8, 4) is 0 Å². The van der Waals surface area contributed by atoms with Gasteiger partial charge in [0.25, 0.3) is 5.36 Å². The van der Waals surface area contributed by atoms with E-state index in [1.165, 1.54) is 0 Å². The summed E-state index contributed by atoms with van der Waals surface area (Å²) in [5, 5.41) is -1.21. The maximum atomic E-state index is 12.8. The van der Waals surface area contributed by atoms with Crippen molar-refractivity contribution in [3.63, 3.8) is 0 Å². The van der Waals surface area contributed by atoms with E-state index in [-0.39, 0.29) is 10.3 Å². The highest BCUT2D eigenvalue weighted by molar-refractivity contribution is 7.92. The molecule has 0 spiro atoms. The Bertz CT molecular complexity index is 801. The van der Waals surface area contributed by atoms with Crippen molar-refractivity contribution >= 4 is 26.8 Å². The molecule has 22 heavy (non-hydrogen) atoms. The quantitative estimate of drug-likeness (QED) is 0.863. The Hall–Kier alpha value is -1.85. The van der Waals surface area contributed by atoms with Gasteiger partial charge in [0.15, 0.2) is 6.10 Å². The molecule has 0 aromatic heterocycles. The molecular formula is C16H14ClNO3S. The summed E-state index contributed by atoms with van der Waals surface area (Å²) in [6.07, 6.45) is -0.736. The van der Waals surface area contributed by atoms with Gasteiger partial charge in [-0.1, -0.05) is 48.0 Å². The Labute approximate surface area is 134 Å². The average molecular weight is 336 g/mol. The summed E-state index contributed by atoms with van der Waals surface area (Å²) < 4.78 is 31.1. The molecule has 0 aliphatic carbocycles. The Morgan fingerprint density at radius 2 is 1.68 bits per heavy atom. The Morgan fingerprint density at radius 1 is 1.05 bits per heavy atom. The van der Waals surface area contributed by atoms with E-state index in [2.05, 4.69) is 4.99 Å². The number of nitrogens with zero attached hydrogens (tertiary/aromatic N) is 1. The predicted molar refractivity (Wildman–Crippen MR) is 85.7 cm³/mol. The molecule has 2 atom stereocenters. The van der Waals surface area contributed by atoms with E-state index < -0.39 is 21.3 Å². The first-order valence-electron chi connectivity index (χ1n) is 6.74. The maximum absolute atomic E-state index is 12.8. The van der Waals surface area contributed by atoms with Crippen molar-refractivity contribution in [1.82, 2.24) is 0 Å². The van der Waals surface area contributed by atoms with Crippen LogP contribution < -0.4 is 0 Å². The van der Waals surface area contributed by atoms with Crippen LogP contribution in [0.25, 0.3) is 0 Å². The highest BCUT2D eigenvalue weighted by Gasteiger charge is 2.42. The van der Waals surface area contributed by atoms with Crippen LogP contribution in [0.4, 0.5) is 0 Å². The number of aliphatic imine (C=N–C) groups is 1. The lowest BCUT2D eigenvalue weighted by atomic mass is 10.1. The van der Waals surface area contributed by atoms with Crippen LogP contribution in [0.15, 0.2) is 64.5 Å². The zero-order valence-electron chi connectivity index (χ0n) is 11.8. The SMILES string of the molecule is Cc1ccc(S(=O)(=O)[C@H]2N=C(Cl)O[C@@H]2c2ccccc2)cc1. The minimum atomic E-state index is -3.68. The number of hydrogen-bond acceptors (Lipinski definition) is 4. The minimum Gasteiger partial charge on any atom is -0.458 e. The van der Waals surface area contributed by atoms with Crippen LogP contribution in [-0.2, 0) is 14.6 Å². The van der Waals surface area contributed by atoms with Crippen molar-refractivity contribution < 1.29 is 13.2 Å². The van der Waals surface area contributed by atoms with Crippen LogP contribution in [-0.4, -0.2) is 19.1 Å². The van der Waals surface area contributed by atoms with E-state index >= 15 is 0 Å². The van der Waals surface area contributed by atoms with Gasteiger partial charge in [-0.25, -0.2) is 13.4 Å². The van der Waals surface area contributed by atoms with Crippen LogP contribution in [0.5, 0.6) is 0 Å². The van der Waals surface area contributed by atoms with E-state index in [4.69, 9.17) is 16.3 Å². The van der Waals surface area contributed by atoms with Gasteiger partial charge >= 0.3 is 0 Å². The average Bonchev–Trinajstić information content (AvgIpc) is 2.91. The van der Waals surface area contributed by atoms with Crippen LogP contribution in [0.3, 0.4) is 0 Å². The number of hydrogen-bond donors (Lipinski definition) is 0. The molecule has 2 aromatic carbocycles. The highest BCUT2D eigenvalue weighted by atomic mass is 35.5. The lowest BCUT2D eigenvalue weighted by Crippen LogP contribution is -2.24. The fourth-order valence-corrected chi connectivity index (χ4v) is 4.16. The van der Waals surface area contributed by atoms with E-state index in [1.807, 2.05) is 25.1 Å². The van der Waals surface area contributed by atoms with Crippen molar-refractivity contribution in [2.75, 3.05) is 0 Å². The number of rotatable bonds is 3. The summed E-state index contributed by atoms with van der Waals surface area (Å²) in [4.78, 5) is 4.20. The van der Waals surface area contributed by atoms with Gasteiger partial charge in [0.1, 0.15) is 0 Å². The standard InChI is InChI=1S/C16H14ClNO3S/c1-11-7-9-13(10-8-11)22(19,20)15-14(21-16(17)18-15)12-5-3-2-4-6-12/h2-10,14-15H,1H3/t14-,15-/m1/s1. The van der Waals surface area contributed by atoms with Crippen molar-refractivity contribution in [1.29, 1.82) is 0 Å². The molecule has 0 saturated heterocycles. The summed E-state index contributed by atoms with van der Waals surface area (Å²) in [5.74, 6) is 0. The monoisotopic (exact) mass is 335 g/mol. The molecule has 0 unspecified atom stereocenters. The number of sulfone groups is 1. The summed E-state index contributed by atoms with van der Waals surface area (Å²) in [6, 6.07) is 15.8. The summed E-state index contributed by atoms with van der Waals surface area (Å²) in [5.41, 5.74) is 1.71. The zero-order valence-corrected chi connectivity index (χ0v) is 13.4. The Balaban J connectivity index is 2.02. The molecule has 0 N–H and O–H groups in total. The van der Waals surface area contributed by atoms with Gasteiger partial charge in [-0.05, 0) is 36.2 Å². The third kappa shape index (κ3) is 2.74. The molecule has 1 aliphatic rings. The lowest BCUT2D eigenvalue weighted by Gasteiger charge is -2.18. The van der Waals surface area contributed by atoms with E-state index in [1.54, 1.807) is 36.4 Å². The first-order chi connectivity index (χ1) is 10.5. The normalized spacial score (nSPS) is 21.3. The molecule has 0 amide bonds. The second kappa shape index (κ2) is 5.74. The van der Waals surface area contributed by atoms with Gasteiger partial charge in [0.05, 0.1) is 4.90 Å². The van der Waals surface area contributed by atoms with Crippen LogP contribution >= 0.6 is 11.6 Å². The minimum absolute atomic E-state index is 0.130. The Morgan fingerprint density at radius 3 is 2.32 bits per heavy atom. The number of aryl methyl sites for hydroxylation is 1. The topological polar surface area (TPSA) is 55.7 Å². The molecule has 0 fully saturated rings. The number of benzene rings is 2. The van der Waals surface area contributed by atoms with E-state index in [0.29, 0.717) is 0 Å². The van der Waals surface area contributed by atoms with Crippen LogP contribution in [0, 0.1) is 6.92 Å². The van der Waals surface area contributed by atoms with Gasteiger partial charge in [-0.2, -0.15) is 0 Å². The number of halogens is 1. The summed E-state index contributed by atoms with van der Waals surface area (Å²) >= 11 is 5.83. The van der Waals surface area contributed by atoms with Gasteiger partial charge in [0.2, 0.25) is 15.2 Å². The van der Waals surface area contributed by atoms with Gasteiger partial charge in [-0.15, -0.1) is 0 Å². The molecule has 4 nitrogen and oxygen atoms in total. The maximum Gasteiger partial charge on any atom is 0.284 e. The lowest BCUT2D eigenvalue weighted by molar-refractivity contribution is 0.223. The third-order valence-electron chi connectivity index (χ3n) is 3.51. The molecule has 0 radical (unpaired) electrons. The second-order valence-electron chi connectivity index (χ2n) is 5.08. The second-order valence-corrected chi connectivity index (χ2v) is 7.45. The molecule has 2 aromatic rings. The first-order valence-corrected chi connectivity index (χ1v) is 8.66. The van der Waals surface area contributed by atoms with Crippen LogP contribution in [0.1, 0.15) is 17.2 Å². The van der Waals surface area contributed by atoms with Gasteiger partial charge < -0.3 is 4.74 Å². The smallest absolute Gasteiger partial charge is 0.284 e. The zero-order chi connectivity index (χ0) is 15.7. The molecule has 1 heterocycles. The summed E-state index contributed by atoms with van der Waals surface area (Å²) in [6.45, 7) is 1.90. The third-order valence-corrected chi connectivity index (χ3v) is 5.61. The van der Waals surface area contributed by atoms with Gasteiger partial charge in [-0.3, -0.25) is 0 Å². The molecule has 3 rings (SSSR count). The molecule has 0 saturated carbocycles. The summed E-state index contributed by atoms with van der Waals surface area (Å²) in [7, 11) is -3.68. The van der Waals surface area contributed by atoms with Gasteiger partial charge in [0, 0.05) is 0 Å². The van der Waals surface area contributed by atoms with E-state index in [0.717, 1.165) is 11.1 Å². The van der Waals surface area contributed by atoms with E-state index in [9.17, 15) is 8.42 Å². The van der Waals surface area contributed by atoms with Crippen molar-refractivity contribution in [2.45, 2.75) is 23.3 Å². The molecule has 1 aliphatic heterocycles. The number of ether oxygens (including phenoxy) is 1. The van der Waals surface area contributed by atoms with Crippen molar-refractivity contribution in [2.24, 2.45) is 4.99 Å². The predicted octanol–water partition coefficient (Wildman–Crippen LogP) is 3.46. The molecule has 6 heteroatoms. The first kappa shape index (κ1) is 15.1. The fraction of sp³-hybridized carbons (Fsp3) is 0.188. The Kier molecular flexibility index (Phi) is 3.93. The highest BCUT2D eigenvalue weighted by Crippen LogP contribution is 2.36. The molecular weight excluding hydrogens is 322 g/mol. The molecule has 114 valence electrons. The van der Waals surface area contributed by atoms with Crippen LogP contribution in [0.2, 0.25) is 0 Å².